The number of hydrogen-bond acceptors (Lipinski definition) is 4. The minimum absolute atomic E-state index is 0.0325. The number of benzene rings is 2. The summed E-state index contributed by atoms with van der Waals surface area (Å²) >= 11 is 3.34. The highest BCUT2D eigenvalue weighted by molar-refractivity contribution is 7.80. The van der Waals surface area contributed by atoms with Gasteiger partial charge >= 0.3 is 0 Å². The van der Waals surface area contributed by atoms with Crippen molar-refractivity contribution in [1.29, 1.82) is 0 Å². The molecule has 2 atom stereocenters. The number of hydrogen-bond donors (Lipinski definition) is 0. The molecule has 1 fully saturated rings. The summed E-state index contributed by atoms with van der Waals surface area (Å²) in [5, 5.41) is 0.617. The van der Waals surface area contributed by atoms with Crippen molar-refractivity contribution in [3.63, 3.8) is 0 Å². The Morgan fingerprint density at radius 1 is 1.10 bits per heavy atom. The van der Waals surface area contributed by atoms with Gasteiger partial charge in [-0.3, -0.25) is 18.4 Å². The second-order valence-corrected chi connectivity index (χ2v) is 8.28. The molecule has 0 spiro atoms. The zero-order valence-corrected chi connectivity index (χ0v) is 17.2. The van der Waals surface area contributed by atoms with E-state index in [1.165, 1.54) is 0 Å². The third-order valence-corrected chi connectivity index (χ3v) is 6.12. The van der Waals surface area contributed by atoms with E-state index in [-0.39, 0.29) is 11.7 Å². The van der Waals surface area contributed by atoms with Gasteiger partial charge in [0.25, 0.3) is 0 Å². The lowest BCUT2D eigenvalue weighted by molar-refractivity contribution is 0.115. The molecule has 30 heavy (non-hydrogen) atoms. The van der Waals surface area contributed by atoms with Crippen molar-refractivity contribution in [3.05, 3.63) is 94.8 Å². The zero-order valence-electron chi connectivity index (χ0n) is 15.6. The Bertz CT molecular complexity index is 1030. The summed E-state index contributed by atoms with van der Waals surface area (Å²) < 4.78 is 52.0. The molecule has 0 bridgehead atoms. The Morgan fingerprint density at radius 3 is 2.33 bits per heavy atom. The molecule has 2 heterocycles. The van der Waals surface area contributed by atoms with Gasteiger partial charge in [-0.25, -0.2) is 8.78 Å². The van der Waals surface area contributed by atoms with E-state index in [0.29, 0.717) is 24.2 Å². The lowest BCUT2D eigenvalue weighted by Gasteiger charge is -2.49. The third-order valence-electron chi connectivity index (χ3n) is 5.04. The van der Waals surface area contributed by atoms with Crippen molar-refractivity contribution in [2.75, 3.05) is 17.4 Å². The molecule has 1 aromatic heterocycles. The number of aromatic nitrogens is 1. The van der Waals surface area contributed by atoms with Gasteiger partial charge in [0.2, 0.25) is 0 Å². The van der Waals surface area contributed by atoms with Crippen LogP contribution in [0.4, 0.5) is 14.5 Å². The van der Waals surface area contributed by atoms with Crippen molar-refractivity contribution in [3.8, 4) is 0 Å². The smallest absolute Gasteiger partial charge is 0.128 e. The number of nitrogens with zero attached hydrogens (tertiary/aromatic N) is 3. The van der Waals surface area contributed by atoms with Crippen molar-refractivity contribution in [2.45, 2.75) is 12.1 Å². The molecule has 2 unspecified atom stereocenters. The van der Waals surface area contributed by atoms with E-state index in [9.17, 15) is 17.5 Å². The number of likely N-dealkylation sites (tertiary alicyclic amines) is 1. The van der Waals surface area contributed by atoms with Gasteiger partial charge in [0.15, 0.2) is 0 Å². The van der Waals surface area contributed by atoms with Gasteiger partial charge < -0.3 is 4.55 Å². The summed E-state index contributed by atoms with van der Waals surface area (Å²) in [5.74, 6) is -1.66. The summed E-state index contributed by atoms with van der Waals surface area (Å²) in [6.45, 7) is 0.766. The summed E-state index contributed by atoms with van der Waals surface area (Å²) in [4.78, 5) is 6.28. The molecule has 1 aliphatic rings. The highest BCUT2D eigenvalue weighted by atomic mass is 35.5. The highest BCUT2D eigenvalue weighted by Crippen LogP contribution is 2.35. The average molecular weight is 449 g/mol. The molecule has 0 aliphatic carbocycles. The topological polar surface area (TPSA) is 59.5 Å². The Hall–Kier alpha value is -2.39. The molecule has 0 amide bonds. The normalized spacial score (nSPS) is 16.7. The fraction of sp³-hybridized carbons (Fsp3) is 0.190. The van der Waals surface area contributed by atoms with Crippen molar-refractivity contribution < 1.29 is 17.5 Å². The largest absolute Gasteiger partial charge is 0.755 e. The van der Waals surface area contributed by atoms with Crippen LogP contribution in [0.25, 0.3) is 0 Å². The Morgan fingerprint density at radius 2 is 1.77 bits per heavy atom. The first-order valence-corrected chi connectivity index (χ1v) is 10.6. The van der Waals surface area contributed by atoms with Gasteiger partial charge in [0, 0.05) is 47.8 Å². The number of halogens is 3. The third kappa shape index (κ3) is 4.37. The van der Waals surface area contributed by atoms with Crippen LogP contribution in [0.15, 0.2) is 67.0 Å². The first-order chi connectivity index (χ1) is 14.4. The lowest BCUT2D eigenvalue weighted by atomic mass is 9.94. The summed E-state index contributed by atoms with van der Waals surface area (Å²) in [7, 11) is 0. The molecule has 9 heteroatoms. The van der Waals surface area contributed by atoms with Crippen LogP contribution in [-0.4, -0.2) is 37.8 Å². The van der Waals surface area contributed by atoms with E-state index in [1.807, 2.05) is 24.3 Å². The Balaban J connectivity index is 1.60. The fourth-order valence-corrected chi connectivity index (χ4v) is 4.51. The Labute approximate surface area is 180 Å². The zero-order chi connectivity index (χ0) is 21.3. The molecular formula is C21H17ClF2N3O2S-. The van der Waals surface area contributed by atoms with Crippen LogP contribution in [0.5, 0.6) is 0 Å². The van der Waals surface area contributed by atoms with E-state index < -0.39 is 28.9 Å². The molecule has 1 saturated heterocycles. The van der Waals surface area contributed by atoms with Crippen LogP contribution < -0.4 is 4.31 Å². The fourth-order valence-electron chi connectivity index (χ4n) is 3.73. The molecule has 156 valence electrons. The van der Waals surface area contributed by atoms with E-state index in [1.54, 1.807) is 24.5 Å². The quantitative estimate of drug-likeness (QED) is 0.533. The molecule has 1 aliphatic heterocycles. The molecule has 3 aromatic rings. The highest BCUT2D eigenvalue weighted by Gasteiger charge is 2.38. The number of anilines is 1. The molecular weight excluding hydrogens is 432 g/mol. The number of pyridine rings is 1. The lowest BCUT2D eigenvalue weighted by Crippen LogP contribution is -2.60. The maximum atomic E-state index is 13.6. The van der Waals surface area contributed by atoms with E-state index in [2.05, 4.69) is 9.88 Å². The van der Waals surface area contributed by atoms with Gasteiger partial charge in [0.05, 0.1) is 17.8 Å². The van der Waals surface area contributed by atoms with Gasteiger partial charge in [-0.2, -0.15) is 0 Å². The first kappa shape index (κ1) is 20.9. The standard InChI is InChI=1S/C21H18ClF2N3O2S/c22-16-5-3-14(4-6-16)21(15-2-1-7-25-11-15)26-12-20(13-26)27(30(28)29)19-9-17(23)8-18(24)10-19/h1-11,20-21H,12-13H2,(H,28,29)/p-1. The Kier molecular flexibility index (Phi) is 6.10. The van der Waals surface area contributed by atoms with Crippen molar-refractivity contribution in [1.82, 2.24) is 9.88 Å². The molecule has 0 radical (unpaired) electrons. The maximum absolute atomic E-state index is 13.6. The van der Waals surface area contributed by atoms with Gasteiger partial charge in [0.1, 0.15) is 11.6 Å². The summed E-state index contributed by atoms with van der Waals surface area (Å²) in [6, 6.07) is 13.3. The van der Waals surface area contributed by atoms with Crippen LogP contribution >= 0.6 is 11.6 Å². The SMILES string of the molecule is O=S([O-])N(c1cc(F)cc(F)c1)C1CN(C(c2ccc(Cl)cc2)c2cccnc2)C1. The minimum Gasteiger partial charge on any atom is -0.755 e. The molecule has 2 aromatic carbocycles. The van der Waals surface area contributed by atoms with Crippen molar-refractivity contribution >= 4 is 28.6 Å². The predicted octanol–water partition coefficient (Wildman–Crippen LogP) is 4.09. The predicted molar refractivity (Wildman–Crippen MR) is 111 cm³/mol. The van der Waals surface area contributed by atoms with Crippen LogP contribution in [0.3, 0.4) is 0 Å². The minimum atomic E-state index is -2.68. The molecule has 0 N–H and O–H groups in total. The number of rotatable bonds is 6. The van der Waals surface area contributed by atoms with Gasteiger partial charge in [-0.1, -0.05) is 29.8 Å². The first-order valence-electron chi connectivity index (χ1n) is 9.16. The average Bonchev–Trinajstić information content (AvgIpc) is 2.67. The van der Waals surface area contributed by atoms with Crippen molar-refractivity contribution in [2.24, 2.45) is 0 Å². The van der Waals surface area contributed by atoms with E-state index in [4.69, 9.17) is 11.6 Å². The van der Waals surface area contributed by atoms with Crippen LogP contribution in [0.2, 0.25) is 5.02 Å². The summed E-state index contributed by atoms with van der Waals surface area (Å²) in [5.41, 5.74) is 1.90. The van der Waals surface area contributed by atoms with Gasteiger partial charge in [-0.15, -0.1) is 0 Å². The molecule has 0 saturated carbocycles. The van der Waals surface area contributed by atoms with Crippen LogP contribution in [-0.2, 0) is 11.3 Å². The van der Waals surface area contributed by atoms with E-state index >= 15 is 0 Å². The maximum Gasteiger partial charge on any atom is 0.128 e. The molecule has 5 nitrogen and oxygen atoms in total. The van der Waals surface area contributed by atoms with E-state index in [0.717, 1.165) is 27.6 Å². The monoisotopic (exact) mass is 448 g/mol. The second-order valence-electron chi connectivity index (χ2n) is 7.02. The molecule has 4 rings (SSSR count). The van der Waals surface area contributed by atoms with Crippen LogP contribution in [0.1, 0.15) is 17.2 Å². The summed E-state index contributed by atoms with van der Waals surface area (Å²) in [6.07, 6.45) is 3.44. The van der Waals surface area contributed by atoms with Crippen LogP contribution in [0, 0.1) is 11.6 Å². The second kappa shape index (κ2) is 8.77. The van der Waals surface area contributed by atoms with Gasteiger partial charge in [-0.05, 0) is 41.5 Å².